The van der Waals surface area contributed by atoms with Crippen LogP contribution in [-0.2, 0) is 19.1 Å². The number of ketones is 1. The number of allylic oxidation sites excluding steroid dienone is 2. The number of benzene rings is 1. The lowest BCUT2D eigenvalue weighted by atomic mass is 9.33. The minimum Gasteiger partial charge on any atom is -0.733 e. The van der Waals surface area contributed by atoms with E-state index in [9.17, 15) is 24.8 Å². The maximum atomic E-state index is 14.7. The van der Waals surface area contributed by atoms with Crippen LogP contribution in [0, 0.1) is 55.5 Å². The van der Waals surface area contributed by atoms with E-state index < -0.39 is 5.41 Å². The molecule has 6 rings (SSSR count). The van der Waals surface area contributed by atoms with Crippen molar-refractivity contribution in [1.82, 2.24) is 0 Å². The molecule has 252 valence electrons. The molecule has 46 heavy (non-hydrogen) atoms. The highest BCUT2D eigenvalue weighted by Crippen LogP contribution is 2.75. The molecule has 8 heteroatoms. The van der Waals surface area contributed by atoms with Gasteiger partial charge in [-0.3, -0.25) is 19.6 Å². The second-order valence-electron chi connectivity index (χ2n) is 17.5. The predicted molar refractivity (Wildman–Crippen MR) is 178 cm³/mol. The van der Waals surface area contributed by atoms with Crippen LogP contribution in [0.5, 0.6) is 0 Å². The number of hydrogen-bond acceptors (Lipinski definition) is 7. The van der Waals surface area contributed by atoms with Crippen LogP contribution in [0.4, 0.5) is 11.4 Å². The van der Waals surface area contributed by atoms with Gasteiger partial charge in [0, 0.05) is 29.4 Å². The van der Waals surface area contributed by atoms with E-state index in [0.717, 1.165) is 51.4 Å². The third-order valence-corrected chi connectivity index (χ3v) is 14.7. The van der Waals surface area contributed by atoms with Crippen LogP contribution in [0.15, 0.2) is 35.9 Å². The van der Waals surface area contributed by atoms with Crippen LogP contribution < -0.4 is 10.5 Å². The van der Waals surface area contributed by atoms with E-state index in [2.05, 4.69) is 46.9 Å². The second kappa shape index (κ2) is 10.6. The lowest BCUT2D eigenvalue weighted by Crippen LogP contribution is -2.66. The van der Waals surface area contributed by atoms with E-state index >= 15 is 0 Å². The van der Waals surface area contributed by atoms with Crippen LogP contribution in [0.1, 0.15) is 113 Å². The highest BCUT2D eigenvalue weighted by molar-refractivity contribution is 5.97. The van der Waals surface area contributed by atoms with Gasteiger partial charge in [0.15, 0.2) is 5.78 Å². The first kappa shape index (κ1) is 33.2. The highest BCUT2D eigenvalue weighted by atomic mass is 16.8. The largest absolute Gasteiger partial charge is 0.733 e. The monoisotopic (exact) mass is 633 g/mol. The number of carbonyl (C=O) groups is 3. The molecule has 0 aromatic heterocycles. The van der Waals surface area contributed by atoms with Gasteiger partial charge in [-0.2, -0.15) is 0 Å². The van der Waals surface area contributed by atoms with Gasteiger partial charge in [0.05, 0.1) is 5.69 Å². The Labute approximate surface area is 274 Å². The van der Waals surface area contributed by atoms with Crippen LogP contribution >= 0.6 is 0 Å². The summed E-state index contributed by atoms with van der Waals surface area (Å²) in [4.78, 5) is 40.6. The molecule has 0 aliphatic heterocycles. The van der Waals surface area contributed by atoms with Gasteiger partial charge in [-0.25, -0.2) is 0 Å². The summed E-state index contributed by atoms with van der Waals surface area (Å²) in [6, 6.07) is 6.31. The standard InChI is InChI=1S/C38H53N2O6/c1-23(41)46-30-13-14-36(6)29(33(30,2)3)12-15-38(8)31(36)28(42)21-26-27-22-35(5,17-16-34(27,4)18-19-37(26,38)7)32(43)39-24-10-9-11-25(20-24)40(44)45/h9-11,20-21,27,29-31,44H,12-19,22H2,1-8H3,(H,39,43)/q-1/t27-,29+,30+,31+,34+,35+,36+,37+,38+/m0/s1. The Morgan fingerprint density at radius 1 is 0.978 bits per heavy atom. The summed E-state index contributed by atoms with van der Waals surface area (Å²) in [7, 11) is 0. The molecule has 0 saturated heterocycles. The van der Waals surface area contributed by atoms with Crippen LogP contribution in [0.3, 0.4) is 0 Å². The van der Waals surface area contributed by atoms with Crippen molar-refractivity contribution < 1.29 is 24.3 Å². The van der Waals surface area contributed by atoms with Crippen molar-refractivity contribution in [1.29, 1.82) is 0 Å². The Balaban J connectivity index is 1.33. The van der Waals surface area contributed by atoms with Crippen molar-refractivity contribution >= 4 is 29.0 Å². The van der Waals surface area contributed by atoms with E-state index in [1.807, 2.05) is 13.0 Å². The molecule has 0 unspecified atom stereocenters. The van der Waals surface area contributed by atoms with Gasteiger partial charge in [0.25, 0.3) is 0 Å². The van der Waals surface area contributed by atoms with E-state index in [1.54, 1.807) is 12.1 Å². The number of rotatable bonds is 4. The summed E-state index contributed by atoms with van der Waals surface area (Å²) in [6.07, 6.45) is 9.90. The van der Waals surface area contributed by atoms with E-state index in [4.69, 9.17) is 4.74 Å². The molecular weight excluding hydrogens is 580 g/mol. The van der Waals surface area contributed by atoms with E-state index in [0.29, 0.717) is 12.1 Å². The van der Waals surface area contributed by atoms with Crippen molar-refractivity contribution in [3.63, 3.8) is 0 Å². The summed E-state index contributed by atoms with van der Waals surface area (Å²) in [5, 5.41) is 23.6. The molecule has 2 N–H and O–H groups in total. The lowest BCUT2D eigenvalue weighted by Gasteiger charge is -2.70. The fourth-order valence-corrected chi connectivity index (χ4v) is 11.8. The van der Waals surface area contributed by atoms with Crippen molar-refractivity contribution in [2.24, 2.45) is 50.2 Å². The summed E-state index contributed by atoms with van der Waals surface area (Å²) >= 11 is 0. The summed E-state index contributed by atoms with van der Waals surface area (Å²) < 4.78 is 5.86. The van der Waals surface area contributed by atoms with Gasteiger partial charge >= 0.3 is 5.97 Å². The minimum atomic E-state index is -0.654. The van der Waals surface area contributed by atoms with Gasteiger partial charge in [-0.05, 0) is 116 Å². The van der Waals surface area contributed by atoms with Crippen LogP contribution in [0.2, 0.25) is 0 Å². The molecule has 1 aromatic carbocycles. The first-order valence-corrected chi connectivity index (χ1v) is 17.3. The molecule has 8 nitrogen and oxygen atoms in total. The molecule has 1 amide bonds. The first-order chi connectivity index (χ1) is 21.3. The Morgan fingerprint density at radius 3 is 2.35 bits per heavy atom. The van der Waals surface area contributed by atoms with Crippen molar-refractivity contribution in [3.05, 3.63) is 41.1 Å². The normalized spacial score (nSPS) is 42.7. The number of esters is 1. The van der Waals surface area contributed by atoms with Gasteiger partial charge in [0.1, 0.15) is 6.10 Å². The maximum Gasteiger partial charge on any atom is 0.302 e. The van der Waals surface area contributed by atoms with Gasteiger partial charge in [-0.1, -0.05) is 60.1 Å². The summed E-state index contributed by atoms with van der Waals surface area (Å²) in [5.41, 5.74) is 0.346. The third kappa shape index (κ3) is 4.71. The molecular formula is C38H53N2O6-. The topological polar surface area (TPSA) is 119 Å². The molecule has 4 saturated carbocycles. The van der Waals surface area contributed by atoms with Crippen molar-refractivity contribution in [2.45, 2.75) is 119 Å². The third-order valence-electron chi connectivity index (χ3n) is 14.7. The number of anilines is 2. The van der Waals surface area contributed by atoms with Crippen LogP contribution in [0.25, 0.3) is 0 Å². The molecule has 5 aliphatic rings. The molecule has 9 atom stereocenters. The zero-order valence-corrected chi connectivity index (χ0v) is 29.0. The number of fused-ring (bicyclic) bond motifs is 7. The van der Waals surface area contributed by atoms with Crippen molar-refractivity contribution in [2.75, 3.05) is 10.5 Å². The van der Waals surface area contributed by atoms with Crippen LogP contribution in [-0.4, -0.2) is 29.0 Å². The number of nitrogens with one attached hydrogen (secondary N) is 1. The minimum absolute atomic E-state index is 0.0135. The molecule has 5 aliphatic carbocycles. The average molecular weight is 634 g/mol. The second-order valence-corrected chi connectivity index (χ2v) is 17.5. The number of hydrogen-bond donors (Lipinski definition) is 2. The predicted octanol–water partition coefficient (Wildman–Crippen LogP) is 8.23. The van der Waals surface area contributed by atoms with Gasteiger partial charge < -0.3 is 20.5 Å². The summed E-state index contributed by atoms with van der Waals surface area (Å²) in [6.45, 7) is 17.5. The Bertz CT molecular complexity index is 1480. The fraction of sp³-hybridized carbons (Fsp3) is 0.711. The quantitative estimate of drug-likeness (QED) is 0.253. The highest BCUT2D eigenvalue weighted by Gasteiger charge is 2.70. The smallest absolute Gasteiger partial charge is 0.302 e. The summed E-state index contributed by atoms with van der Waals surface area (Å²) in [5.74, 6) is 0.190. The fourth-order valence-electron chi connectivity index (χ4n) is 11.8. The van der Waals surface area contributed by atoms with E-state index in [1.165, 1.54) is 24.6 Å². The molecule has 0 bridgehead atoms. The van der Waals surface area contributed by atoms with Gasteiger partial charge in [-0.15, -0.1) is 0 Å². The number of nitrogens with zero attached hydrogens (tertiary/aromatic N) is 1. The van der Waals surface area contributed by atoms with Crippen molar-refractivity contribution in [3.8, 4) is 0 Å². The Hall–Kier alpha value is -2.71. The molecule has 0 heterocycles. The number of ether oxygens (including phenoxy) is 1. The average Bonchev–Trinajstić information content (AvgIpc) is 2.96. The first-order valence-electron chi connectivity index (χ1n) is 17.3. The number of amides is 1. The maximum absolute atomic E-state index is 14.7. The molecule has 4 fully saturated rings. The SMILES string of the molecule is CC(=O)O[C@@H]1CC[C@]2(C)[C@H](CC[C@]3(C)[C@@H]2C(=O)C=C2[C@@H]4C[C@](C)(C(=O)Nc5cccc(N([O-])O)c5)CC[C@]4(C)CC[C@]23C)C1(C)C. The zero-order chi connectivity index (χ0) is 33.7. The Morgan fingerprint density at radius 2 is 1.67 bits per heavy atom. The van der Waals surface area contributed by atoms with E-state index in [-0.39, 0.29) is 79.5 Å². The molecule has 1 aromatic rings. The lowest BCUT2D eigenvalue weighted by molar-refractivity contribution is -0.210. The number of carbonyl (C=O) groups excluding carboxylic acids is 3. The molecule has 0 radical (unpaired) electrons. The Kier molecular flexibility index (Phi) is 7.68. The zero-order valence-electron chi connectivity index (χ0n) is 29.0. The van der Waals surface area contributed by atoms with Gasteiger partial charge in [0.2, 0.25) is 5.91 Å². The molecule has 0 spiro atoms.